The second-order valence-corrected chi connectivity index (χ2v) is 8.25. The Morgan fingerprint density at radius 2 is 2.11 bits per heavy atom. The molecule has 1 saturated heterocycles. The van der Waals surface area contributed by atoms with E-state index in [1.165, 1.54) is 12.1 Å². The number of halogens is 2. The van der Waals surface area contributed by atoms with E-state index < -0.39 is 6.10 Å². The number of aliphatic hydroxyl groups is 1. The first-order chi connectivity index (χ1) is 9.10. The van der Waals surface area contributed by atoms with Gasteiger partial charge >= 0.3 is 0 Å². The maximum absolute atomic E-state index is 13.3. The molecule has 0 radical (unpaired) electrons. The Morgan fingerprint density at radius 1 is 1.37 bits per heavy atom. The van der Waals surface area contributed by atoms with Gasteiger partial charge in [0.1, 0.15) is 5.82 Å². The van der Waals surface area contributed by atoms with Crippen molar-refractivity contribution in [2.45, 2.75) is 36.4 Å². The Hall–Kier alpha value is 0.290. The van der Waals surface area contributed by atoms with Gasteiger partial charge in [-0.2, -0.15) is 23.5 Å². The zero-order valence-electron chi connectivity index (χ0n) is 10.8. The molecule has 1 aromatic rings. The van der Waals surface area contributed by atoms with Gasteiger partial charge in [0.15, 0.2) is 0 Å². The van der Waals surface area contributed by atoms with Crippen molar-refractivity contribution in [1.29, 1.82) is 0 Å². The maximum Gasteiger partial charge on any atom is 0.124 e. The summed E-state index contributed by atoms with van der Waals surface area (Å²) >= 11 is 7.10. The number of thioether (sulfide) groups is 2. The van der Waals surface area contributed by atoms with Crippen LogP contribution in [0.4, 0.5) is 4.39 Å². The molecule has 1 aromatic carbocycles. The summed E-state index contributed by atoms with van der Waals surface area (Å²) in [6.45, 7) is 2.17. The molecule has 3 unspecified atom stereocenters. The first-order valence-electron chi connectivity index (χ1n) is 6.46. The van der Waals surface area contributed by atoms with Crippen molar-refractivity contribution in [3.05, 3.63) is 34.1 Å². The molecule has 1 nitrogen and oxygen atoms in total. The SMILES string of the molecule is CCC1SCCSC1C(O)Cc1cc(F)cc(Br)c1. The number of benzene rings is 1. The number of hydrogen-bond acceptors (Lipinski definition) is 3. The Labute approximate surface area is 130 Å². The molecule has 1 aliphatic heterocycles. The van der Waals surface area contributed by atoms with Crippen molar-refractivity contribution in [2.75, 3.05) is 11.5 Å². The van der Waals surface area contributed by atoms with Crippen LogP contribution in [-0.4, -0.2) is 33.2 Å². The average molecular weight is 365 g/mol. The predicted molar refractivity (Wildman–Crippen MR) is 86.6 cm³/mol. The lowest BCUT2D eigenvalue weighted by Gasteiger charge is -2.33. The van der Waals surface area contributed by atoms with E-state index >= 15 is 0 Å². The van der Waals surface area contributed by atoms with E-state index in [0.717, 1.165) is 28.0 Å². The Kier molecular flexibility index (Phi) is 6.06. The third-order valence-electron chi connectivity index (χ3n) is 3.24. The van der Waals surface area contributed by atoms with Gasteiger partial charge in [-0.3, -0.25) is 0 Å². The molecule has 0 aliphatic carbocycles. The molecule has 1 fully saturated rings. The molecular formula is C14H18BrFOS2. The quantitative estimate of drug-likeness (QED) is 0.867. The minimum Gasteiger partial charge on any atom is -0.392 e. The molecule has 0 amide bonds. The highest BCUT2D eigenvalue weighted by Gasteiger charge is 2.31. The third-order valence-corrected chi connectivity index (χ3v) is 7.09. The molecule has 0 aromatic heterocycles. The number of hydrogen-bond donors (Lipinski definition) is 1. The van der Waals surface area contributed by atoms with Crippen LogP contribution in [0.5, 0.6) is 0 Å². The lowest BCUT2D eigenvalue weighted by Crippen LogP contribution is -2.37. The zero-order valence-corrected chi connectivity index (χ0v) is 14.0. The van der Waals surface area contributed by atoms with Gasteiger partial charge in [0.05, 0.1) is 6.10 Å². The minimum absolute atomic E-state index is 0.255. The van der Waals surface area contributed by atoms with Crippen LogP contribution >= 0.6 is 39.5 Å². The van der Waals surface area contributed by atoms with E-state index in [-0.39, 0.29) is 11.1 Å². The fourth-order valence-corrected chi connectivity index (χ4v) is 6.04. The summed E-state index contributed by atoms with van der Waals surface area (Å²) in [6, 6.07) is 4.83. The normalized spacial score (nSPS) is 25.3. The largest absolute Gasteiger partial charge is 0.392 e. The van der Waals surface area contributed by atoms with E-state index in [1.54, 1.807) is 0 Å². The van der Waals surface area contributed by atoms with Crippen LogP contribution in [0.15, 0.2) is 22.7 Å². The fourth-order valence-electron chi connectivity index (χ4n) is 2.38. The molecule has 1 heterocycles. The summed E-state index contributed by atoms with van der Waals surface area (Å²) in [4.78, 5) is 0. The van der Waals surface area contributed by atoms with Gasteiger partial charge in [-0.15, -0.1) is 0 Å². The molecule has 5 heteroatoms. The molecular weight excluding hydrogens is 347 g/mol. The van der Waals surface area contributed by atoms with E-state index in [1.807, 2.05) is 29.6 Å². The van der Waals surface area contributed by atoms with Crippen molar-refractivity contribution in [2.24, 2.45) is 0 Å². The molecule has 0 bridgehead atoms. The van der Waals surface area contributed by atoms with Crippen LogP contribution in [0.2, 0.25) is 0 Å². The molecule has 0 saturated carbocycles. The molecule has 2 rings (SSSR count). The second-order valence-electron chi connectivity index (χ2n) is 4.70. The van der Waals surface area contributed by atoms with E-state index in [9.17, 15) is 9.50 Å². The highest BCUT2D eigenvalue weighted by molar-refractivity contribution is 9.10. The van der Waals surface area contributed by atoms with E-state index in [4.69, 9.17) is 0 Å². The smallest absolute Gasteiger partial charge is 0.124 e. The highest BCUT2D eigenvalue weighted by atomic mass is 79.9. The Morgan fingerprint density at radius 3 is 2.79 bits per heavy atom. The molecule has 19 heavy (non-hydrogen) atoms. The van der Waals surface area contributed by atoms with Crippen LogP contribution in [0.3, 0.4) is 0 Å². The predicted octanol–water partition coefficient (Wildman–Crippen LogP) is 4.12. The first-order valence-corrected chi connectivity index (χ1v) is 9.35. The van der Waals surface area contributed by atoms with E-state index in [0.29, 0.717) is 11.7 Å². The van der Waals surface area contributed by atoms with Crippen LogP contribution in [0.25, 0.3) is 0 Å². The number of aliphatic hydroxyl groups excluding tert-OH is 1. The summed E-state index contributed by atoms with van der Waals surface area (Å²) in [6.07, 6.45) is 1.19. The van der Waals surface area contributed by atoms with Gasteiger partial charge in [-0.25, -0.2) is 4.39 Å². The fraction of sp³-hybridized carbons (Fsp3) is 0.571. The van der Waals surface area contributed by atoms with Crippen LogP contribution in [0, 0.1) is 5.82 Å². The van der Waals surface area contributed by atoms with Gasteiger partial charge in [0.25, 0.3) is 0 Å². The lowest BCUT2D eigenvalue weighted by molar-refractivity contribution is 0.169. The second kappa shape index (κ2) is 7.34. The topological polar surface area (TPSA) is 20.2 Å². The van der Waals surface area contributed by atoms with Crippen molar-refractivity contribution in [1.82, 2.24) is 0 Å². The summed E-state index contributed by atoms with van der Waals surface area (Å²) in [5.41, 5.74) is 0.852. The zero-order chi connectivity index (χ0) is 13.8. The monoisotopic (exact) mass is 364 g/mol. The molecule has 1 N–H and O–H groups in total. The van der Waals surface area contributed by atoms with Crippen molar-refractivity contribution < 1.29 is 9.50 Å². The van der Waals surface area contributed by atoms with Crippen LogP contribution in [0.1, 0.15) is 18.9 Å². The standard InChI is InChI=1S/C14H18BrFOS2/c1-2-13-14(19-4-3-18-13)12(17)7-9-5-10(15)8-11(16)6-9/h5-6,8,12-14,17H,2-4,7H2,1H3. The van der Waals surface area contributed by atoms with Crippen molar-refractivity contribution >= 4 is 39.5 Å². The van der Waals surface area contributed by atoms with Gasteiger partial charge in [-0.1, -0.05) is 22.9 Å². The summed E-state index contributed by atoms with van der Waals surface area (Å²) in [5.74, 6) is 2.00. The minimum atomic E-state index is -0.406. The summed E-state index contributed by atoms with van der Waals surface area (Å²) in [5, 5.41) is 11.2. The van der Waals surface area contributed by atoms with Gasteiger partial charge in [-0.05, 0) is 36.6 Å². The third kappa shape index (κ3) is 4.38. The van der Waals surface area contributed by atoms with Gasteiger partial charge in [0.2, 0.25) is 0 Å². The Bertz CT molecular complexity index is 410. The van der Waals surface area contributed by atoms with Crippen LogP contribution in [-0.2, 0) is 6.42 Å². The maximum atomic E-state index is 13.3. The van der Waals surface area contributed by atoms with E-state index in [2.05, 4.69) is 22.9 Å². The summed E-state index contributed by atoms with van der Waals surface area (Å²) < 4.78 is 14.1. The molecule has 1 aliphatic rings. The molecule has 3 atom stereocenters. The molecule has 0 spiro atoms. The average Bonchev–Trinajstić information content (AvgIpc) is 2.37. The highest BCUT2D eigenvalue weighted by Crippen LogP contribution is 2.36. The lowest BCUT2D eigenvalue weighted by atomic mass is 10.0. The van der Waals surface area contributed by atoms with Crippen LogP contribution < -0.4 is 0 Å². The summed E-state index contributed by atoms with van der Waals surface area (Å²) in [7, 11) is 0. The van der Waals surface area contributed by atoms with Crippen molar-refractivity contribution in [3.8, 4) is 0 Å². The Balaban J connectivity index is 2.04. The van der Waals surface area contributed by atoms with Crippen molar-refractivity contribution in [3.63, 3.8) is 0 Å². The number of rotatable bonds is 4. The first kappa shape index (κ1) is 15.7. The molecule has 106 valence electrons. The van der Waals surface area contributed by atoms with Gasteiger partial charge < -0.3 is 5.11 Å². The van der Waals surface area contributed by atoms with Gasteiger partial charge in [0, 0.05) is 26.5 Å².